The number of likely N-dealkylation sites (N-methyl/N-ethyl adjacent to an activating group) is 1. The fraction of sp³-hybridized carbons (Fsp3) is 0.333. The summed E-state index contributed by atoms with van der Waals surface area (Å²) in [4.78, 5) is 19.0. The molecule has 1 N–H and O–H groups in total. The monoisotopic (exact) mass is 384 g/mol. The van der Waals surface area contributed by atoms with Gasteiger partial charge in [0, 0.05) is 13.1 Å². The van der Waals surface area contributed by atoms with Crippen molar-refractivity contribution < 1.29 is 14.6 Å². The van der Waals surface area contributed by atoms with Crippen molar-refractivity contribution in [3.05, 3.63) is 27.1 Å². The molecule has 0 radical (unpaired) electrons. The van der Waals surface area contributed by atoms with Gasteiger partial charge in [-0.2, -0.15) is 0 Å². The van der Waals surface area contributed by atoms with Crippen LogP contribution in [0, 0.1) is 0 Å². The standard InChI is InChI=1S/C15H17BrN2O3S/c1-4-17-15-18(5-2)14(20)12(22-15)8-9-6-10(16)13(19)11(7-9)21-3/h6-8,19H,4-5H2,1-3H3. The zero-order valence-corrected chi connectivity index (χ0v) is 15.0. The van der Waals surface area contributed by atoms with Crippen LogP contribution in [0.25, 0.3) is 6.08 Å². The van der Waals surface area contributed by atoms with Gasteiger partial charge in [0.05, 0.1) is 16.5 Å². The van der Waals surface area contributed by atoms with E-state index in [0.29, 0.717) is 28.2 Å². The van der Waals surface area contributed by atoms with Gasteiger partial charge < -0.3 is 9.84 Å². The minimum absolute atomic E-state index is 0.0403. The Balaban J connectivity index is 2.40. The van der Waals surface area contributed by atoms with E-state index in [9.17, 15) is 9.90 Å². The number of nitrogens with zero attached hydrogens (tertiary/aromatic N) is 2. The van der Waals surface area contributed by atoms with Crippen molar-refractivity contribution in [3.63, 3.8) is 0 Å². The van der Waals surface area contributed by atoms with E-state index in [1.165, 1.54) is 18.9 Å². The SMILES string of the molecule is CCN=C1SC(=Cc2cc(Br)c(O)c(OC)c2)C(=O)N1CC. The highest BCUT2D eigenvalue weighted by atomic mass is 79.9. The van der Waals surface area contributed by atoms with Gasteiger partial charge in [0.1, 0.15) is 0 Å². The molecule has 0 saturated carbocycles. The number of ether oxygens (including phenoxy) is 1. The number of aliphatic imine (C=N–C) groups is 1. The molecular weight excluding hydrogens is 368 g/mol. The van der Waals surface area contributed by atoms with Crippen molar-refractivity contribution in [2.45, 2.75) is 13.8 Å². The second-order valence-corrected chi connectivity index (χ2v) is 6.33. The highest BCUT2D eigenvalue weighted by Crippen LogP contribution is 2.38. The van der Waals surface area contributed by atoms with E-state index in [-0.39, 0.29) is 11.7 Å². The summed E-state index contributed by atoms with van der Waals surface area (Å²) in [6.07, 6.45) is 1.78. The zero-order chi connectivity index (χ0) is 16.3. The lowest BCUT2D eigenvalue weighted by Gasteiger charge is -2.11. The van der Waals surface area contributed by atoms with Crippen LogP contribution in [0.3, 0.4) is 0 Å². The average Bonchev–Trinajstić information content (AvgIpc) is 2.78. The summed E-state index contributed by atoms with van der Waals surface area (Å²) in [5.74, 6) is 0.341. The van der Waals surface area contributed by atoms with Crippen molar-refractivity contribution in [2.75, 3.05) is 20.2 Å². The Bertz CT molecular complexity index is 658. The molecule has 1 aliphatic rings. The molecule has 0 bridgehead atoms. The third kappa shape index (κ3) is 3.30. The molecule has 2 rings (SSSR count). The summed E-state index contributed by atoms with van der Waals surface area (Å²) in [5, 5.41) is 10.6. The van der Waals surface area contributed by atoms with E-state index in [2.05, 4.69) is 20.9 Å². The minimum atomic E-state index is -0.0529. The van der Waals surface area contributed by atoms with Crippen LogP contribution in [0.2, 0.25) is 0 Å². The summed E-state index contributed by atoms with van der Waals surface area (Å²) in [6.45, 7) is 5.09. The lowest BCUT2D eigenvalue weighted by molar-refractivity contribution is -0.122. The molecule has 118 valence electrons. The van der Waals surface area contributed by atoms with E-state index < -0.39 is 0 Å². The van der Waals surface area contributed by atoms with Crippen LogP contribution in [0.1, 0.15) is 19.4 Å². The molecule has 22 heavy (non-hydrogen) atoms. The number of rotatable bonds is 4. The van der Waals surface area contributed by atoms with Gasteiger partial charge in [-0.3, -0.25) is 14.7 Å². The number of carbonyl (C=O) groups is 1. The normalized spacial score (nSPS) is 18.5. The summed E-state index contributed by atoms with van der Waals surface area (Å²) in [7, 11) is 1.48. The first-order chi connectivity index (χ1) is 10.5. The zero-order valence-electron chi connectivity index (χ0n) is 12.6. The summed E-state index contributed by atoms with van der Waals surface area (Å²) < 4.78 is 5.64. The number of carbonyl (C=O) groups excluding carboxylic acids is 1. The number of phenolic OH excluding ortho intramolecular Hbond substituents is 1. The predicted molar refractivity (Wildman–Crippen MR) is 93.3 cm³/mol. The number of thioether (sulfide) groups is 1. The lowest BCUT2D eigenvalue weighted by atomic mass is 10.2. The highest BCUT2D eigenvalue weighted by Gasteiger charge is 2.31. The second-order valence-electron chi connectivity index (χ2n) is 4.47. The molecule has 0 aliphatic carbocycles. The number of amides is 1. The minimum Gasteiger partial charge on any atom is -0.503 e. The highest BCUT2D eigenvalue weighted by molar-refractivity contribution is 9.10. The topological polar surface area (TPSA) is 62.1 Å². The van der Waals surface area contributed by atoms with Gasteiger partial charge >= 0.3 is 0 Å². The number of hydrogen-bond acceptors (Lipinski definition) is 5. The number of methoxy groups -OCH3 is 1. The van der Waals surface area contributed by atoms with Gasteiger partial charge in [-0.25, -0.2) is 0 Å². The van der Waals surface area contributed by atoms with Crippen LogP contribution < -0.4 is 4.74 Å². The Morgan fingerprint density at radius 3 is 2.77 bits per heavy atom. The molecule has 0 unspecified atom stereocenters. The number of phenols is 1. The van der Waals surface area contributed by atoms with E-state index in [0.717, 1.165) is 10.7 Å². The number of halogens is 1. The van der Waals surface area contributed by atoms with E-state index in [4.69, 9.17) is 4.74 Å². The first-order valence-electron chi connectivity index (χ1n) is 6.84. The van der Waals surface area contributed by atoms with Gasteiger partial charge in [0.2, 0.25) is 0 Å². The average molecular weight is 385 g/mol. The Morgan fingerprint density at radius 2 is 2.18 bits per heavy atom. The van der Waals surface area contributed by atoms with Gasteiger partial charge in [-0.05, 0) is 65.3 Å². The van der Waals surface area contributed by atoms with Crippen LogP contribution in [-0.4, -0.2) is 41.3 Å². The predicted octanol–water partition coefficient (Wildman–Crippen LogP) is 3.48. The molecule has 1 saturated heterocycles. The molecule has 1 aromatic rings. The summed E-state index contributed by atoms with van der Waals surface area (Å²) in [5.41, 5.74) is 0.770. The third-order valence-electron chi connectivity index (χ3n) is 3.07. The Kier molecular flexibility index (Phi) is 5.52. The van der Waals surface area contributed by atoms with Crippen LogP contribution in [0.4, 0.5) is 0 Å². The fourth-order valence-electron chi connectivity index (χ4n) is 2.02. The number of amidine groups is 1. The summed E-state index contributed by atoms with van der Waals surface area (Å²) >= 11 is 4.64. The lowest BCUT2D eigenvalue weighted by Crippen LogP contribution is -2.28. The van der Waals surface area contributed by atoms with Gasteiger partial charge in [0.25, 0.3) is 5.91 Å². The smallest absolute Gasteiger partial charge is 0.266 e. The molecule has 1 amide bonds. The quantitative estimate of drug-likeness (QED) is 0.807. The van der Waals surface area contributed by atoms with E-state index >= 15 is 0 Å². The molecule has 7 heteroatoms. The maximum absolute atomic E-state index is 12.4. The fourth-order valence-corrected chi connectivity index (χ4v) is 3.59. The Labute approximate surface area is 142 Å². The van der Waals surface area contributed by atoms with Crippen molar-refractivity contribution in [2.24, 2.45) is 4.99 Å². The van der Waals surface area contributed by atoms with Crippen LogP contribution >= 0.6 is 27.7 Å². The van der Waals surface area contributed by atoms with Crippen molar-refractivity contribution in [3.8, 4) is 11.5 Å². The molecule has 0 atom stereocenters. The van der Waals surface area contributed by atoms with Gasteiger partial charge in [-0.15, -0.1) is 0 Å². The maximum Gasteiger partial charge on any atom is 0.266 e. The van der Waals surface area contributed by atoms with Gasteiger partial charge in [0.15, 0.2) is 16.7 Å². The molecule has 1 heterocycles. The maximum atomic E-state index is 12.4. The molecule has 0 aromatic heterocycles. The van der Waals surface area contributed by atoms with Crippen LogP contribution in [0.15, 0.2) is 26.5 Å². The third-order valence-corrected chi connectivity index (χ3v) is 4.72. The summed E-state index contributed by atoms with van der Waals surface area (Å²) in [6, 6.07) is 3.43. The van der Waals surface area contributed by atoms with Gasteiger partial charge in [-0.1, -0.05) is 0 Å². The Hall–Kier alpha value is -1.47. The number of benzene rings is 1. The number of aromatic hydroxyl groups is 1. The molecule has 0 spiro atoms. The largest absolute Gasteiger partial charge is 0.503 e. The van der Waals surface area contributed by atoms with Crippen molar-refractivity contribution in [1.29, 1.82) is 0 Å². The molecule has 1 aromatic carbocycles. The van der Waals surface area contributed by atoms with Crippen LogP contribution in [-0.2, 0) is 4.79 Å². The van der Waals surface area contributed by atoms with Crippen molar-refractivity contribution in [1.82, 2.24) is 4.90 Å². The molecule has 5 nitrogen and oxygen atoms in total. The molecule has 1 aliphatic heterocycles. The molecular formula is C15H17BrN2O3S. The number of hydrogen-bond donors (Lipinski definition) is 1. The second kappa shape index (κ2) is 7.19. The van der Waals surface area contributed by atoms with Crippen molar-refractivity contribution >= 4 is 44.8 Å². The Morgan fingerprint density at radius 1 is 1.45 bits per heavy atom. The van der Waals surface area contributed by atoms with Crippen LogP contribution in [0.5, 0.6) is 11.5 Å². The van der Waals surface area contributed by atoms with E-state index in [1.54, 1.807) is 23.1 Å². The molecule has 1 fully saturated rings. The first kappa shape index (κ1) is 16.9. The van der Waals surface area contributed by atoms with E-state index in [1.807, 2.05) is 13.8 Å². The first-order valence-corrected chi connectivity index (χ1v) is 8.45.